The molecular formula is C34H63Na2O9PS. The van der Waals surface area contributed by atoms with Gasteiger partial charge in [-0.3, -0.25) is 9.59 Å². The fraction of sp³-hybridized carbons (Fsp3) is 0.500. The first-order valence-electron chi connectivity index (χ1n) is 14.2. The number of esters is 2. The Morgan fingerprint density at radius 3 is 1.55 bits per heavy atom. The maximum Gasteiger partial charge on any atom is 1.00 e. The summed E-state index contributed by atoms with van der Waals surface area (Å²) in [4.78, 5) is 54.9. The molecule has 0 aliphatic carbocycles. The van der Waals surface area contributed by atoms with E-state index in [4.69, 9.17) is 9.47 Å². The third kappa shape index (κ3) is 48.5. The molecule has 266 valence electrons. The Morgan fingerprint density at radius 2 is 1.13 bits per heavy atom. The molecule has 0 aromatic heterocycles. The summed E-state index contributed by atoms with van der Waals surface area (Å²) in [5.74, 6) is 32.0. The van der Waals surface area contributed by atoms with Crippen LogP contribution in [0.5, 0.6) is 0 Å². The summed E-state index contributed by atoms with van der Waals surface area (Å²) in [6.45, 7) is 3.89. The summed E-state index contributed by atoms with van der Waals surface area (Å²) in [6.07, 6.45) is 9.76. The summed E-state index contributed by atoms with van der Waals surface area (Å²) >= 11 is 3.33. The first kappa shape index (κ1) is 51.8. The van der Waals surface area contributed by atoms with Crippen LogP contribution in [0, 0.1) is 82.9 Å². The summed E-state index contributed by atoms with van der Waals surface area (Å²) in [5, 5.41) is -0.139. The van der Waals surface area contributed by atoms with Gasteiger partial charge in [-0.05, 0) is 84.4 Å². The maximum absolute atomic E-state index is 12.1. The van der Waals surface area contributed by atoms with E-state index in [2.05, 4.69) is 107 Å². The number of rotatable bonds is 17. The van der Waals surface area contributed by atoms with Crippen molar-refractivity contribution in [2.24, 2.45) is 0 Å². The van der Waals surface area contributed by atoms with Crippen LogP contribution in [0.4, 0.5) is 0 Å². The molecule has 0 aliphatic heterocycles. The Balaban J connectivity index is -0.0000000619. The molecule has 0 heterocycles. The minimum Gasteiger partial charge on any atom is -0.790 e. The van der Waals surface area contributed by atoms with Gasteiger partial charge in [-0.1, -0.05) is 70.6 Å². The third-order valence-corrected chi connectivity index (χ3v) is 5.29. The molecule has 0 spiro atoms. The SMILES string of the molecule is CC#CC#CC#CC#CC#CC#CC#CC(=O)OC[C@H](COP(=O)([O-])[O-])OC(=O)CCCCCCCCCCCC.CC(=O)S.[HH].[HH].[HH].[HH].[HH].[HH].[HH].[HH].[HH].[HH].[HH].[HH].[HH].[Na+].[Na+]. The number of carbonyl (C=O) groups is 3. The van der Waals surface area contributed by atoms with E-state index < -0.39 is 39.1 Å². The van der Waals surface area contributed by atoms with Crippen LogP contribution in [0.3, 0.4) is 0 Å². The molecule has 0 N–H and O–H groups in total. The van der Waals surface area contributed by atoms with E-state index in [0.717, 1.165) is 19.3 Å². The molecule has 0 rings (SSSR count). The number of phosphoric acid groups is 1. The largest absolute Gasteiger partial charge is 1.00 e. The zero-order valence-electron chi connectivity index (χ0n) is 27.8. The number of hydrogen-bond donors (Lipinski definition) is 1. The minimum atomic E-state index is -5.32. The van der Waals surface area contributed by atoms with E-state index >= 15 is 0 Å². The molecule has 0 saturated carbocycles. The second-order valence-corrected chi connectivity index (χ2v) is 10.6. The van der Waals surface area contributed by atoms with E-state index in [9.17, 15) is 28.7 Å². The summed E-state index contributed by atoms with van der Waals surface area (Å²) in [6, 6.07) is 0. The third-order valence-electron chi connectivity index (χ3n) is 4.83. The van der Waals surface area contributed by atoms with Crippen molar-refractivity contribution in [2.75, 3.05) is 13.2 Å². The summed E-state index contributed by atoms with van der Waals surface area (Å²) in [5.41, 5.74) is 0. The number of phosphoric ester groups is 1. The van der Waals surface area contributed by atoms with Gasteiger partial charge in [0.2, 0.25) is 0 Å². The number of thiol groups is 1. The van der Waals surface area contributed by atoms with Crippen LogP contribution in [-0.2, 0) is 32.9 Å². The van der Waals surface area contributed by atoms with E-state index in [0.29, 0.717) is 6.42 Å². The van der Waals surface area contributed by atoms with Crippen molar-refractivity contribution in [2.45, 2.75) is 97.5 Å². The van der Waals surface area contributed by atoms with Crippen molar-refractivity contribution >= 4 is 37.5 Å². The average Bonchev–Trinajstić information content (AvgIpc) is 2.97. The van der Waals surface area contributed by atoms with Crippen molar-refractivity contribution in [3.05, 3.63) is 0 Å². The molecule has 0 aromatic carbocycles. The van der Waals surface area contributed by atoms with Gasteiger partial charge in [0, 0.05) is 37.8 Å². The molecule has 47 heavy (non-hydrogen) atoms. The van der Waals surface area contributed by atoms with Crippen molar-refractivity contribution < 1.29 is 120 Å². The Bertz CT molecular complexity index is 1470. The Kier molecular flexibility index (Phi) is 42.4. The van der Waals surface area contributed by atoms with Crippen molar-refractivity contribution in [1.82, 2.24) is 0 Å². The van der Waals surface area contributed by atoms with Crippen molar-refractivity contribution in [3.8, 4) is 82.9 Å². The molecule has 0 aliphatic rings. The van der Waals surface area contributed by atoms with Gasteiger partial charge in [0.1, 0.15) is 6.61 Å². The van der Waals surface area contributed by atoms with Gasteiger partial charge in [-0.15, -0.1) is 12.6 Å². The van der Waals surface area contributed by atoms with Gasteiger partial charge in [0.15, 0.2) is 11.2 Å². The van der Waals surface area contributed by atoms with Gasteiger partial charge in [0.05, 0.1) is 14.4 Å². The van der Waals surface area contributed by atoms with E-state index in [1.54, 1.807) is 6.92 Å². The summed E-state index contributed by atoms with van der Waals surface area (Å²) in [7, 11) is -5.32. The summed E-state index contributed by atoms with van der Waals surface area (Å²) < 4.78 is 25.0. The molecule has 0 fully saturated rings. The van der Waals surface area contributed by atoms with Crippen molar-refractivity contribution in [3.63, 3.8) is 0 Å². The van der Waals surface area contributed by atoms with Crippen molar-refractivity contribution in [1.29, 1.82) is 0 Å². The standard InChI is InChI=1S/C32H35O8P.C2H4OS.2Na.13H2/c1-3-5-7-9-11-13-15-16-17-19-20-22-24-26-31(33)38-28-30(29-39-41(35,36)37)40-32(34)27-25-23-21-18-14-12-10-8-6-4-2;1-2(3)4;;;;;;;;;;;;;;;/h30H,4,6,8,10,12,14,18,21,23,25,27-29H2,1-2H3,(H2,35,36,37);1H3,(H,3,4);;;13*1H/q;;2*+1;;;;;;;;;;;;;/p-2/t30-;;;;;;;;;;;;;;;;/m1................/s1. The molecule has 9 nitrogen and oxygen atoms in total. The molecule has 0 aromatic rings. The van der Waals surface area contributed by atoms with Gasteiger partial charge >= 0.3 is 71.1 Å². The van der Waals surface area contributed by atoms with E-state index in [-0.39, 0.29) is 89.2 Å². The first-order valence-corrected chi connectivity index (χ1v) is 16.1. The van der Waals surface area contributed by atoms with Crippen LogP contribution in [-0.4, -0.2) is 36.4 Å². The maximum atomic E-state index is 12.1. The number of hydrogen-bond acceptors (Lipinski definition) is 9. The quantitative estimate of drug-likeness (QED) is 0.0427. The zero-order valence-corrected chi connectivity index (χ0v) is 33.6. The van der Waals surface area contributed by atoms with Crippen LogP contribution in [0.2, 0.25) is 0 Å². The molecule has 0 saturated heterocycles. The minimum absolute atomic E-state index is 0. The fourth-order valence-electron chi connectivity index (χ4n) is 2.95. The van der Waals surface area contributed by atoms with Crippen LogP contribution in [0.15, 0.2) is 0 Å². The first-order chi connectivity index (χ1) is 21.5. The molecule has 13 heteroatoms. The number of carbonyl (C=O) groups excluding carboxylic acids is 3. The topological polar surface area (TPSA) is 142 Å². The zero-order chi connectivity index (χ0) is 34.0. The molecule has 1 atom stereocenters. The Morgan fingerprint density at radius 1 is 0.723 bits per heavy atom. The van der Waals surface area contributed by atoms with Crippen LogP contribution in [0.1, 0.15) is 110 Å². The van der Waals surface area contributed by atoms with Gasteiger partial charge in [-0.2, -0.15) is 0 Å². The van der Waals surface area contributed by atoms with Crippen LogP contribution < -0.4 is 68.9 Å². The monoisotopic (exact) mass is 724 g/mol. The number of ether oxygens (including phenoxy) is 2. The predicted octanol–water partition coefficient (Wildman–Crippen LogP) is 0.310. The Hall–Kier alpha value is -2.01. The second kappa shape index (κ2) is 38.4. The van der Waals surface area contributed by atoms with E-state index in [1.807, 2.05) is 0 Å². The average molecular weight is 725 g/mol. The van der Waals surface area contributed by atoms with Gasteiger partial charge in [-0.25, -0.2) is 4.79 Å². The smallest absolute Gasteiger partial charge is 0.790 e. The molecule has 0 bridgehead atoms. The fourth-order valence-corrected chi connectivity index (χ4v) is 3.30. The molecule has 0 unspecified atom stereocenters. The number of unbranched alkanes of at least 4 members (excludes halogenated alkanes) is 9. The van der Waals surface area contributed by atoms with Crippen LogP contribution in [0.25, 0.3) is 0 Å². The normalized spacial score (nSPS) is 8.98. The second-order valence-electron chi connectivity index (χ2n) is 8.78. The molecular weight excluding hydrogens is 661 g/mol. The molecule has 0 amide bonds. The van der Waals surface area contributed by atoms with Gasteiger partial charge in [0.25, 0.3) is 0 Å². The van der Waals surface area contributed by atoms with Crippen LogP contribution >= 0.6 is 20.5 Å². The molecule has 0 radical (unpaired) electrons. The van der Waals surface area contributed by atoms with Gasteiger partial charge < -0.3 is 28.3 Å². The Labute approximate surface area is 349 Å². The predicted molar refractivity (Wildman–Crippen MR) is 198 cm³/mol. The van der Waals surface area contributed by atoms with E-state index in [1.165, 1.54) is 45.4 Å².